The van der Waals surface area contributed by atoms with Crippen LogP contribution in [-0.2, 0) is 4.79 Å². The number of nitrogens with zero attached hydrogens (tertiary/aromatic N) is 1. The van der Waals surface area contributed by atoms with E-state index >= 15 is 0 Å². The molecule has 0 fully saturated rings. The van der Waals surface area contributed by atoms with E-state index in [2.05, 4.69) is 26.2 Å². The van der Waals surface area contributed by atoms with Crippen LogP contribution in [0.5, 0.6) is 0 Å². The number of aryl methyl sites for hydroxylation is 1. The van der Waals surface area contributed by atoms with Crippen molar-refractivity contribution in [2.24, 2.45) is 0 Å². The summed E-state index contributed by atoms with van der Waals surface area (Å²) >= 11 is 4.93. The van der Waals surface area contributed by atoms with Gasteiger partial charge in [0.1, 0.15) is 0 Å². The molecule has 0 atom stereocenters. The number of hydrogen-bond acceptors (Lipinski definition) is 3. The Morgan fingerprint density at radius 3 is 2.75 bits per heavy atom. The summed E-state index contributed by atoms with van der Waals surface area (Å²) in [5, 5.41) is 2.82. The van der Waals surface area contributed by atoms with Gasteiger partial charge in [-0.2, -0.15) is 0 Å². The van der Waals surface area contributed by atoms with Crippen molar-refractivity contribution in [2.75, 3.05) is 5.32 Å². The maximum absolute atomic E-state index is 12.2. The molecule has 1 amide bonds. The average molecular weight is 404 g/mol. The predicted molar refractivity (Wildman–Crippen MR) is 101 cm³/mol. The molecule has 0 aliphatic carbocycles. The number of nitrogens with one attached hydrogen (secondary N) is 2. The summed E-state index contributed by atoms with van der Waals surface area (Å²) in [7, 11) is 0. The van der Waals surface area contributed by atoms with Crippen LogP contribution in [0.3, 0.4) is 0 Å². The lowest BCUT2D eigenvalue weighted by Crippen LogP contribution is -2.18. The van der Waals surface area contributed by atoms with E-state index in [1.54, 1.807) is 35.7 Å². The van der Waals surface area contributed by atoms with Crippen molar-refractivity contribution in [2.45, 2.75) is 6.92 Å². The van der Waals surface area contributed by atoms with Gasteiger partial charge >= 0.3 is 5.69 Å². The lowest BCUT2D eigenvalue weighted by atomic mass is 10.2. The number of rotatable bonds is 4. The van der Waals surface area contributed by atoms with Gasteiger partial charge in [-0.05, 0) is 53.2 Å². The molecule has 24 heavy (non-hydrogen) atoms. The Morgan fingerprint density at radius 2 is 2.08 bits per heavy atom. The summed E-state index contributed by atoms with van der Waals surface area (Å²) in [6.07, 6.45) is 4.86. The molecule has 2 heterocycles. The zero-order valence-electron chi connectivity index (χ0n) is 12.7. The van der Waals surface area contributed by atoms with Crippen LogP contribution in [-0.4, -0.2) is 15.5 Å². The Kier molecular flexibility index (Phi) is 4.82. The molecule has 7 heteroatoms. The molecule has 122 valence electrons. The summed E-state index contributed by atoms with van der Waals surface area (Å²) in [6, 6.07) is 11.0. The Labute approximate surface area is 150 Å². The zero-order chi connectivity index (χ0) is 17.1. The highest BCUT2D eigenvalue weighted by Crippen LogP contribution is 2.23. The number of hydrogen-bond donors (Lipinski definition) is 2. The van der Waals surface area contributed by atoms with Crippen molar-refractivity contribution >= 4 is 44.9 Å². The van der Waals surface area contributed by atoms with Crippen LogP contribution < -0.4 is 11.0 Å². The van der Waals surface area contributed by atoms with E-state index in [0.29, 0.717) is 11.4 Å². The molecule has 0 aliphatic heterocycles. The van der Waals surface area contributed by atoms with Gasteiger partial charge < -0.3 is 10.3 Å². The van der Waals surface area contributed by atoms with Gasteiger partial charge in [-0.15, -0.1) is 11.3 Å². The number of carbonyl (C=O) groups excluding carboxylic acids is 1. The smallest absolute Gasteiger partial charge is 0.321 e. The van der Waals surface area contributed by atoms with E-state index in [0.717, 1.165) is 14.4 Å². The van der Waals surface area contributed by atoms with E-state index in [1.807, 2.05) is 31.2 Å². The average Bonchev–Trinajstić information content (AvgIpc) is 3.12. The molecule has 2 aromatic heterocycles. The van der Waals surface area contributed by atoms with Crippen molar-refractivity contribution in [1.29, 1.82) is 0 Å². The van der Waals surface area contributed by atoms with Crippen LogP contribution >= 0.6 is 27.3 Å². The second-order valence-electron chi connectivity index (χ2n) is 5.05. The van der Waals surface area contributed by atoms with Gasteiger partial charge in [0, 0.05) is 22.8 Å². The summed E-state index contributed by atoms with van der Waals surface area (Å²) in [6.45, 7) is 1.82. The third kappa shape index (κ3) is 3.58. The van der Waals surface area contributed by atoms with Gasteiger partial charge in [-0.1, -0.05) is 12.1 Å². The van der Waals surface area contributed by atoms with Crippen molar-refractivity contribution in [3.05, 3.63) is 73.5 Å². The fraction of sp³-hybridized carbons (Fsp3) is 0.0588. The summed E-state index contributed by atoms with van der Waals surface area (Å²) in [4.78, 5) is 27.8. The topological polar surface area (TPSA) is 66.9 Å². The molecule has 3 rings (SSSR count). The van der Waals surface area contributed by atoms with Crippen molar-refractivity contribution in [1.82, 2.24) is 9.55 Å². The molecule has 2 N–H and O–H groups in total. The second kappa shape index (κ2) is 7.02. The standard InChI is InChI=1S/C17H14BrN3O2S/c1-11-10-19-17(23)21(11)14-5-3-2-4-13(14)20-16(22)9-7-12-6-8-15(18)24-12/h2-10H,1H3,(H,19,23)(H,20,22)/b9-7+. The minimum atomic E-state index is -0.256. The molecule has 3 aromatic rings. The number of benzene rings is 1. The summed E-state index contributed by atoms with van der Waals surface area (Å²) in [5.74, 6) is -0.256. The van der Waals surface area contributed by atoms with E-state index in [4.69, 9.17) is 0 Å². The lowest BCUT2D eigenvalue weighted by molar-refractivity contribution is -0.111. The SMILES string of the molecule is Cc1c[nH]c(=O)n1-c1ccccc1NC(=O)/C=C/c1ccc(Br)s1. The minimum absolute atomic E-state index is 0.242. The Bertz CT molecular complexity index is 968. The molecule has 0 unspecified atom stereocenters. The molecule has 0 spiro atoms. The number of thiophene rings is 1. The first-order valence-electron chi connectivity index (χ1n) is 7.15. The largest absolute Gasteiger partial charge is 0.330 e. The zero-order valence-corrected chi connectivity index (χ0v) is 15.1. The Hall–Kier alpha value is -2.38. The van der Waals surface area contributed by atoms with Crippen molar-refractivity contribution in [3.63, 3.8) is 0 Å². The van der Waals surface area contributed by atoms with Gasteiger partial charge in [0.05, 0.1) is 15.2 Å². The normalized spacial score (nSPS) is 11.1. The van der Waals surface area contributed by atoms with Crippen LogP contribution in [0.2, 0.25) is 0 Å². The van der Waals surface area contributed by atoms with Gasteiger partial charge in [-0.3, -0.25) is 9.36 Å². The van der Waals surface area contributed by atoms with Crippen LogP contribution in [0.25, 0.3) is 11.8 Å². The predicted octanol–water partition coefficient (Wildman–Crippen LogP) is 3.95. The fourth-order valence-corrected chi connectivity index (χ4v) is 3.61. The van der Waals surface area contributed by atoms with Gasteiger partial charge in [0.2, 0.25) is 5.91 Å². The third-order valence-corrected chi connectivity index (χ3v) is 4.95. The van der Waals surface area contributed by atoms with Crippen LogP contribution in [0.15, 0.2) is 57.3 Å². The highest BCUT2D eigenvalue weighted by Gasteiger charge is 2.10. The van der Waals surface area contributed by atoms with Crippen LogP contribution in [0.1, 0.15) is 10.6 Å². The number of H-pyrrole nitrogens is 1. The maximum atomic E-state index is 12.2. The number of para-hydroxylation sites is 2. The molecule has 0 saturated carbocycles. The van der Waals surface area contributed by atoms with Crippen LogP contribution in [0, 0.1) is 6.92 Å². The second-order valence-corrected chi connectivity index (χ2v) is 7.55. The summed E-state index contributed by atoms with van der Waals surface area (Å²) < 4.78 is 2.53. The first-order valence-corrected chi connectivity index (χ1v) is 8.76. The third-order valence-electron chi connectivity index (χ3n) is 3.36. The number of aromatic amines is 1. The molecule has 0 aliphatic rings. The van der Waals surface area contributed by atoms with Gasteiger partial charge in [0.25, 0.3) is 0 Å². The number of imidazole rings is 1. The molecule has 1 aromatic carbocycles. The van der Waals surface area contributed by atoms with Gasteiger partial charge in [-0.25, -0.2) is 4.79 Å². The van der Waals surface area contributed by atoms with Crippen molar-refractivity contribution < 1.29 is 4.79 Å². The van der Waals surface area contributed by atoms with Gasteiger partial charge in [0.15, 0.2) is 0 Å². The Balaban J connectivity index is 1.85. The monoisotopic (exact) mass is 403 g/mol. The first kappa shape index (κ1) is 16.5. The highest BCUT2D eigenvalue weighted by molar-refractivity contribution is 9.11. The van der Waals surface area contributed by atoms with E-state index in [1.165, 1.54) is 10.6 Å². The van der Waals surface area contributed by atoms with Crippen LogP contribution in [0.4, 0.5) is 5.69 Å². The Morgan fingerprint density at radius 1 is 1.29 bits per heavy atom. The molecular formula is C17H14BrN3O2S. The number of amides is 1. The first-order chi connectivity index (χ1) is 11.5. The maximum Gasteiger partial charge on any atom is 0.330 e. The van der Waals surface area contributed by atoms with E-state index < -0.39 is 0 Å². The van der Waals surface area contributed by atoms with E-state index in [9.17, 15) is 9.59 Å². The fourth-order valence-electron chi connectivity index (χ4n) is 2.28. The minimum Gasteiger partial charge on any atom is -0.321 e. The number of anilines is 1. The lowest BCUT2D eigenvalue weighted by Gasteiger charge is -2.11. The van der Waals surface area contributed by atoms with Crippen molar-refractivity contribution in [3.8, 4) is 5.69 Å². The summed E-state index contributed by atoms with van der Waals surface area (Å²) in [5.41, 5.74) is 1.72. The van der Waals surface area contributed by atoms with E-state index in [-0.39, 0.29) is 11.6 Å². The molecule has 0 bridgehead atoms. The quantitative estimate of drug-likeness (QED) is 0.647. The number of carbonyl (C=O) groups is 1. The highest BCUT2D eigenvalue weighted by atomic mass is 79.9. The molecular weight excluding hydrogens is 390 g/mol. The molecule has 0 radical (unpaired) electrons. The molecule has 5 nitrogen and oxygen atoms in total. The molecule has 0 saturated heterocycles. The number of halogens is 1. The number of aromatic nitrogens is 2.